The summed E-state index contributed by atoms with van der Waals surface area (Å²) in [6.07, 6.45) is 3.06. The van der Waals surface area contributed by atoms with E-state index in [1.54, 1.807) is 24.3 Å². The molecule has 0 heterocycles. The van der Waals surface area contributed by atoms with Crippen molar-refractivity contribution >= 4 is 45.3 Å². The van der Waals surface area contributed by atoms with Crippen molar-refractivity contribution in [3.63, 3.8) is 0 Å². The molecule has 0 spiro atoms. The molecule has 0 unspecified atom stereocenters. The van der Waals surface area contributed by atoms with E-state index in [1.165, 1.54) is 24.6 Å². The second-order valence-electron chi connectivity index (χ2n) is 9.31. The molecule has 6 nitrogen and oxygen atoms in total. The monoisotopic (exact) mass is 640 g/mol. The number of rotatable bonds is 5. The summed E-state index contributed by atoms with van der Waals surface area (Å²) in [6.45, 7) is 0. The summed E-state index contributed by atoms with van der Waals surface area (Å²) in [5, 5.41) is 44.6. The Labute approximate surface area is 262 Å². The predicted octanol–water partition coefficient (Wildman–Crippen LogP) is 7.98. The molecule has 214 valence electrons. The van der Waals surface area contributed by atoms with Crippen molar-refractivity contribution in [3.8, 4) is 34.1 Å². The van der Waals surface area contributed by atoms with Gasteiger partial charge in [-0.05, 0) is 57.9 Å². The molecule has 8 heteroatoms. The minimum absolute atomic E-state index is 0. The Morgan fingerprint density at radius 3 is 1.26 bits per heavy atom. The van der Waals surface area contributed by atoms with Gasteiger partial charge in [0, 0.05) is 67.7 Å². The topological polar surface area (TPSA) is 106 Å². The van der Waals surface area contributed by atoms with Gasteiger partial charge < -0.3 is 20.4 Å². The fourth-order valence-corrected chi connectivity index (χ4v) is 4.84. The van der Waals surface area contributed by atoms with Crippen LogP contribution in [0.1, 0.15) is 11.1 Å². The number of nitrogens with zero attached hydrogens (tertiary/aromatic N) is 2. The number of benzene rings is 6. The largest absolute Gasteiger partial charge is 0.504 e. The number of aromatic hydroxyl groups is 4. The summed E-state index contributed by atoms with van der Waals surface area (Å²) in [5.74, 6) is -0.919. The third-order valence-corrected chi connectivity index (χ3v) is 6.84. The molecule has 6 rings (SSSR count). The van der Waals surface area contributed by atoms with E-state index in [0.29, 0.717) is 22.5 Å². The van der Waals surface area contributed by atoms with Gasteiger partial charge >= 0.3 is 0 Å². The molecule has 0 saturated heterocycles. The van der Waals surface area contributed by atoms with Gasteiger partial charge in [0.25, 0.3) is 0 Å². The van der Waals surface area contributed by atoms with Crippen LogP contribution in [-0.2, 0) is 33.0 Å². The van der Waals surface area contributed by atoms with Crippen molar-refractivity contribution in [2.45, 2.75) is 0 Å². The van der Waals surface area contributed by atoms with Crippen LogP contribution in [0, 0.1) is 0 Å². The SMILES string of the molecule is Oc1cccc(C=Nc2ccc3ccccc3c2-c2c(N=Cc3cccc(O)c3O)ccc3ccccc23)c1O.[Ni].[Ni]. The number of para-hydroxylation sites is 2. The van der Waals surface area contributed by atoms with E-state index in [9.17, 15) is 20.4 Å². The Hall–Kier alpha value is -4.63. The van der Waals surface area contributed by atoms with E-state index < -0.39 is 0 Å². The van der Waals surface area contributed by atoms with Gasteiger partial charge in [0.1, 0.15) is 0 Å². The molecule has 0 saturated carbocycles. The maximum atomic E-state index is 10.3. The maximum absolute atomic E-state index is 10.3. The fourth-order valence-electron chi connectivity index (χ4n) is 4.84. The number of fused-ring (bicyclic) bond motifs is 2. The van der Waals surface area contributed by atoms with Crippen LogP contribution < -0.4 is 0 Å². The second-order valence-corrected chi connectivity index (χ2v) is 9.31. The van der Waals surface area contributed by atoms with E-state index in [0.717, 1.165) is 32.7 Å². The minimum Gasteiger partial charge on any atom is -0.504 e. The molecule has 0 aromatic heterocycles. The van der Waals surface area contributed by atoms with Crippen LogP contribution >= 0.6 is 0 Å². The molecule has 0 atom stereocenters. The first kappa shape index (κ1) is 30.3. The van der Waals surface area contributed by atoms with Crippen LogP contribution in [0.5, 0.6) is 23.0 Å². The molecule has 0 aliphatic heterocycles. The second kappa shape index (κ2) is 12.9. The number of phenolic OH excluding ortho intramolecular Hbond substituents is 4. The normalized spacial score (nSPS) is 11.1. The standard InChI is InChI=1S/C34H24N2O4.2Ni/c37-29-13-5-9-23(33(29)39)19-35-27-17-15-21-7-1-3-11-25(21)31(27)32-26-12-4-2-8-22(26)16-18-28(32)36-20-24-10-6-14-30(38)34(24)40;;/h1-20,37-40H;;. The van der Waals surface area contributed by atoms with Crippen LogP contribution in [-0.4, -0.2) is 32.9 Å². The third kappa shape index (κ3) is 5.73. The van der Waals surface area contributed by atoms with E-state index in [2.05, 4.69) is 0 Å². The molecular weight excluding hydrogens is 618 g/mol. The molecule has 0 aliphatic carbocycles. The summed E-state index contributed by atoms with van der Waals surface area (Å²) in [6, 6.07) is 33.3. The first-order chi connectivity index (χ1) is 19.5. The summed E-state index contributed by atoms with van der Waals surface area (Å²) in [7, 11) is 0. The van der Waals surface area contributed by atoms with E-state index >= 15 is 0 Å². The fraction of sp³-hybridized carbons (Fsp3) is 0. The van der Waals surface area contributed by atoms with Crippen LogP contribution in [0.3, 0.4) is 0 Å². The Morgan fingerprint density at radius 1 is 0.429 bits per heavy atom. The van der Waals surface area contributed by atoms with E-state index in [1.807, 2.05) is 72.8 Å². The van der Waals surface area contributed by atoms with Crippen molar-refractivity contribution < 1.29 is 53.4 Å². The Balaban J connectivity index is 0.00000202. The molecular formula is C34H24N2Ni2O4. The molecule has 4 N–H and O–H groups in total. The van der Waals surface area contributed by atoms with Gasteiger partial charge in [-0.15, -0.1) is 0 Å². The van der Waals surface area contributed by atoms with Gasteiger partial charge in [0.2, 0.25) is 0 Å². The zero-order chi connectivity index (χ0) is 27.6. The third-order valence-electron chi connectivity index (χ3n) is 6.84. The molecule has 0 fully saturated rings. The quantitative estimate of drug-likeness (QED) is 0.0870. The van der Waals surface area contributed by atoms with Gasteiger partial charge in [0.05, 0.1) is 11.4 Å². The average molecular weight is 642 g/mol. The molecule has 6 aromatic rings. The van der Waals surface area contributed by atoms with Crippen LogP contribution in [0.4, 0.5) is 11.4 Å². The Kier molecular flexibility index (Phi) is 9.32. The minimum atomic E-state index is -0.241. The van der Waals surface area contributed by atoms with Crippen molar-refractivity contribution in [1.82, 2.24) is 0 Å². The number of phenols is 4. The zero-order valence-corrected chi connectivity index (χ0v) is 23.8. The van der Waals surface area contributed by atoms with Gasteiger partial charge in [-0.2, -0.15) is 0 Å². The van der Waals surface area contributed by atoms with Crippen molar-refractivity contribution in [2.24, 2.45) is 9.98 Å². The van der Waals surface area contributed by atoms with E-state index in [-0.39, 0.29) is 56.0 Å². The molecule has 6 aromatic carbocycles. The van der Waals surface area contributed by atoms with Gasteiger partial charge in [0.15, 0.2) is 23.0 Å². The average Bonchev–Trinajstić information content (AvgIpc) is 2.98. The number of hydrogen-bond acceptors (Lipinski definition) is 6. The smallest absolute Gasteiger partial charge is 0.166 e. The first-order valence-electron chi connectivity index (χ1n) is 12.6. The maximum Gasteiger partial charge on any atom is 0.166 e. The zero-order valence-electron chi connectivity index (χ0n) is 21.9. The van der Waals surface area contributed by atoms with Gasteiger partial charge in [-0.25, -0.2) is 0 Å². The van der Waals surface area contributed by atoms with Gasteiger partial charge in [-0.3, -0.25) is 9.98 Å². The molecule has 0 bridgehead atoms. The summed E-state index contributed by atoms with van der Waals surface area (Å²) in [4.78, 5) is 9.55. The summed E-state index contributed by atoms with van der Waals surface area (Å²) < 4.78 is 0. The predicted molar refractivity (Wildman–Crippen MR) is 161 cm³/mol. The van der Waals surface area contributed by atoms with Gasteiger partial charge in [-0.1, -0.05) is 72.8 Å². The summed E-state index contributed by atoms with van der Waals surface area (Å²) in [5.41, 5.74) is 3.75. The first-order valence-corrected chi connectivity index (χ1v) is 12.6. The Bertz CT molecular complexity index is 1830. The van der Waals surface area contributed by atoms with Crippen LogP contribution in [0.2, 0.25) is 0 Å². The Morgan fingerprint density at radius 2 is 0.833 bits per heavy atom. The van der Waals surface area contributed by atoms with Crippen LogP contribution in [0.15, 0.2) is 119 Å². The number of aliphatic imine (C=N–C) groups is 2. The molecule has 0 aliphatic rings. The van der Waals surface area contributed by atoms with Crippen molar-refractivity contribution in [2.75, 3.05) is 0 Å². The number of hydrogen-bond donors (Lipinski definition) is 4. The molecule has 42 heavy (non-hydrogen) atoms. The van der Waals surface area contributed by atoms with Crippen molar-refractivity contribution in [3.05, 3.63) is 120 Å². The molecule has 0 amide bonds. The van der Waals surface area contributed by atoms with Crippen LogP contribution in [0.25, 0.3) is 32.7 Å². The van der Waals surface area contributed by atoms with E-state index in [4.69, 9.17) is 9.98 Å². The van der Waals surface area contributed by atoms with Crippen molar-refractivity contribution in [1.29, 1.82) is 0 Å². The molecule has 0 radical (unpaired) electrons. The summed E-state index contributed by atoms with van der Waals surface area (Å²) >= 11 is 0.